The van der Waals surface area contributed by atoms with Crippen LogP contribution in [0.15, 0.2) is 9.98 Å². The Labute approximate surface area is 117 Å². The third kappa shape index (κ3) is 2.38. The van der Waals surface area contributed by atoms with Gasteiger partial charge in [-0.15, -0.1) is 0 Å². The van der Waals surface area contributed by atoms with Crippen LogP contribution in [-0.2, 0) is 11.2 Å². The molecule has 1 aromatic heterocycles. The number of aliphatic imine (C=N–C) groups is 2. The van der Waals surface area contributed by atoms with Crippen molar-refractivity contribution in [1.29, 1.82) is 0 Å². The zero-order valence-corrected chi connectivity index (χ0v) is 11.4. The Bertz CT molecular complexity index is 563. The molecule has 6 nitrogen and oxygen atoms in total. The maximum atomic E-state index is 5.85. The van der Waals surface area contributed by atoms with Gasteiger partial charge < -0.3 is 4.74 Å². The molecule has 0 aliphatic carbocycles. The van der Waals surface area contributed by atoms with E-state index in [2.05, 4.69) is 38.4 Å². The minimum atomic E-state index is 0.243. The van der Waals surface area contributed by atoms with Gasteiger partial charge in [-0.1, -0.05) is 4.98 Å². The number of rotatable bonds is 3. The zero-order valence-electron chi connectivity index (χ0n) is 11.4. The minimum absolute atomic E-state index is 0.243. The van der Waals surface area contributed by atoms with Crippen molar-refractivity contribution in [3.05, 3.63) is 5.69 Å². The molecule has 0 bridgehead atoms. The first kappa shape index (κ1) is 13.1. The summed E-state index contributed by atoms with van der Waals surface area (Å²) in [6, 6.07) is 0. The smallest absolute Gasteiger partial charge is 0.378 e. The summed E-state index contributed by atoms with van der Waals surface area (Å²) in [4.78, 5) is 19.7. The van der Waals surface area contributed by atoms with Gasteiger partial charge in [0.1, 0.15) is 0 Å². The largest absolute Gasteiger partial charge is 0.432 e. The van der Waals surface area contributed by atoms with Crippen LogP contribution in [-0.4, -0.2) is 42.3 Å². The van der Waals surface area contributed by atoms with E-state index in [1.54, 1.807) is 0 Å². The Morgan fingerprint density at radius 2 is 2.25 bits per heavy atom. The van der Waals surface area contributed by atoms with E-state index in [1.807, 2.05) is 6.21 Å². The fraction of sp³-hybridized carbons (Fsp3) is 0.500. The van der Waals surface area contributed by atoms with E-state index >= 15 is 0 Å². The molecule has 2 atom stereocenters. The standard InChI is InChI=1S/C14H17N5O/c1-15-13-12-10(18-14(16-2)19-13)7-9(8-17-12)11-5-3-4-6-20-11/h8-9,11H,1-7H2/p+1. The first-order valence-electron chi connectivity index (χ1n) is 6.88. The van der Waals surface area contributed by atoms with E-state index in [0.29, 0.717) is 17.5 Å². The van der Waals surface area contributed by atoms with Gasteiger partial charge in [0.15, 0.2) is 11.4 Å². The molecule has 0 spiro atoms. The van der Waals surface area contributed by atoms with Crippen molar-refractivity contribution in [3.8, 4) is 0 Å². The highest BCUT2D eigenvalue weighted by molar-refractivity contribution is 5.76. The predicted molar refractivity (Wildman–Crippen MR) is 77.9 cm³/mol. The Morgan fingerprint density at radius 3 is 2.95 bits per heavy atom. The van der Waals surface area contributed by atoms with E-state index in [0.717, 1.165) is 31.6 Å². The van der Waals surface area contributed by atoms with Gasteiger partial charge in [0.05, 0.1) is 6.10 Å². The lowest BCUT2D eigenvalue weighted by molar-refractivity contribution is -0.352. The van der Waals surface area contributed by atoms with Crippen molar-refractivity contribution in [2.24, 2.45) is 15.9 Å². The van der Waals surface area contributed by atoms with Gasteiger partial charge in [0.25, 0.3) is 5.82 Å². The van der Waals surface area contributed by atoms with Crippen molar-refractivity contribution in [1.82, 2.24) is 9.97 Å². The number of nitrogens with one attached hydrogen (secondary N) is 1. The van der Waals surface area contributed by atoms with Gasteiger partial charge in [0, 0.05) is 31.9 Å². The Morgan fingerprint density at radius 1 is 1.35 bits per heavy atom. The summed E-state index contributed by atoms with van der Waals surface area (Å²) in [5.74, 6) is 1.22. The Kier molecular flexibility index (Phi) is 3.64. The number of aromatic nitrogens is 2. The van der Waals surface area contributed by atoms with Crippen LogP contribution in [0.4, 0.5) is 17.5 Å². The molecule has 104 valence electrons. The molecule has 6 heteroatoms. The van der Waals surface area contributed by atoms with E-state index < -0.39 is 0 Å². The first-order valence-corrected chi connectivity index (χ1v) is 6.88. The minimum Gasteiger partial charge on any atom is -0.378 e. The van der Waals surface area contributed by atoms with E-state index in [-0.39, 0.29) is 12.0 Å². The molecule has 0 saturated carbocycles. The summed E-state index contributed by atoms with van der Waals surface area (Å²) in [6.07, 6.45) is 6.45. The van der Waals surface area contributed by atoms with Crippen LogP contribution in [0.2, 0.25) is 0 Å². The summed E-state index contributed by atoms with van der Waals surface area (Å²) in [6.45, 7) is 7.97. The molecule has 1 aromatic rings. The number of ether oxygens (including phenoxy) is 1. The molecule has 20 heavy (non-hydrogen) atoms. The molecule has 2 unspecified atom stereocenters. The maximum absolute atomic E-state index is 5.85. The molecule has 1 fully saturated rings. The second kappa shape index (κ2) is 5.58. The van der Waals surface area contributed by atoms with Crippen LogP contribution >= 0.6 is 0 Å². The lowest BCUT2D eigenvalue weighted by atomic mass is 9.90. The van der Waals surface area contributed by atoms with Gasteiger partial charge >= 0.3 is 5.95 Å². The maximum Gasteiger partial charge on any atom is 0.432 e. The molecular weight excluding hydrogens is 254 g/mol. The fourth-order valence-corrected chi connectivity index (χ4v) is 2.73. The average Bonchev–Trinajstić information content (AvgIpc) is 2.54. The SMILES string of the molecule is C=Nc1nc([NH+]=C)nc2c1N=CC(C1CCCCO1)C2. The van der Waals surface area contributed by atoms with Gasteiger partial charge in [-0.2, -0.15) is 0 Å². The van der Waals surface area contributed by atoms with Crippen molar-refractivity contribution in [2.75, 3.05) is 6.61 Å². The molecular formula is C14H18N5O+. The third-order valence-corrected chi connectivity index (χ3v) is 3.76. The molecule has 0 amide bonds. The average molecular weight is 272 g/mol. The second-order valence-corrected chi connectivity index (χ2v) is 5.05. The quantitative estimate of drug-likeness (QED) is 0.822. The van der Waals surface area contributed by atoms with Crippen molar-refractivity contribution in [2.45, 2.75) is 31.8 Å². The van der Waals surface area contributed by atoms with Crippen LogP contribution in [0, 0.1) is 5.92 Å². The number of hydrogen-bond donors (Lipinski definition) is 1. The van der Waals surface area contributed by atoms with Crippen LogP contribution < -0.4 is 4.99 Å². The molecule has 0 aromatic carbocycles. The summed E-state index contributed by atoms with van der Waals surface area (Å²) < 4.78 is 5.85. The Hall–Kier alpha value is -1.95. The first-order chi connectivity index (χ1) is 9.81. The van der Waals surface area contributed by atoms with Crippen molar-refractivity contribution < 1.29 is 9.73 Å². The normalized spacial score (nSPS) is 25.0. The highest BCUT2D eigenvalue weighted by Crippen LogP contribution is 2.35. The van der Waals surface area contributed by atoms with Crippen LogP contribution in [0.25, 0.3) is 0 Å². The zero-order chi connectivity index (χ0) is 13.9. The molecule has 3 rings (SSSR count). The van der Waals surface area contributed by atoms with Crippen LogP contribution in [0.1, 0.15) is 25.0 Å². The summed E-state index contributed by atoms with van der Waals surface area (Å²) in [5.41, 5.74) is 1.60. The molecule has 0 radical (unpaired) electrons. The summed E-state index contributed by atoms with van der Waals surface area (Å²) >= 11 is 0. The lowest BCUT2D eigenvalue weighted by Gasteiger charge is -2.29. The Balaban J connectivity index is 1.90. The molecule has 2 aliphatic rings. The van der Waals surface area contributed by atoms with Gasteiger partial charge in [-0.05, 0) is 31.0 Å². The van der Waals surface area contributed by atoms with Gasteiger partial charge in [-0.25, -0.2) is 4.99 Å². The van der Waals surface area contributed by atoms with Gasteiger partial charge in [0.2, 0.25) is 0 Å². The van der Waals surface area contributed by atoms with Crippen molar-refractivity contribution >= 4 is 37.1 Å². The number of hydrogen-bond acceptors (Lipinski definition) is 5. The lowest BCUT2D eigenvalue weighted by Crippen LogP contribution is -2.59. The summed E-state index contributed by atoms with van der Waals surface area (Å²) in [5, 5.41) is 0. The van der Waals surface area contributed by atoms with E-state index in [4.69, 9.17) is 4.74 Å². The monoisotopic (exact) mass is 272 g/mol. The van der Waals surface area contributed by atoms with E-state index in [1.165, 1.54) is 6.42 Å². The van der Waals surface area contributed by atoms with Crippen LogP contribution in [0.5, 0.6) is 0 Å². The number of nitrogens with zero attached hydrogens (tertiary/aromatic N) is 4. The molecule has 1 saturated heterocycles. The van der Waals surface area contributed by atoms with Crippen LogP contribution in [0.3, 0.4) is 0 Å². The highest BCUT2D eigenvalue weighted by Gasteiger charge is 2.31. The molecule has 2 aliphatic heterocycles. The summed E-state index contributed by atoms with van der Waals surface area (Å²) in [7, 11) is 0. The third-order valence-electron chi connectivity index (χ3n) is 3.76. The molecule has 3 heterocycles. The predicted octanol–water partition coefficient (Wildman–Crippen LogP) is 0.665. The van der Waals surface area contributed by atoms with Crippen molar-refractivity contribution in [3.63, 3.8) is 0 Å². The molecule has 1 N–H and O–H groups in total. The van der Waals surface area contributed by atoms with Gasteiger partial charge in [-0.3, -0.25) is 9.98 Å². The second-order valence-electron chi connectivity index (χ2n) is 5.05. The number of fused-ring (bicyclic) bond motifs is 1. The topological polar surface area (TPSA) is 73.7 Å². The van der Waals surface area contributed by atoms with E-state index in [9.17, 15) is 0 Å². The highest BCUT2D eigenvalue weighted by atomic mass is 16.5. The fourth-order valence-electron chi connectivity index (χ4n) is 2.73.